The zero-order valence-corrected chi connectivity index (χ0v) is 14.1. The number of amides is 1. The monoisotopic (exact) mass is 425 g/mol. The third-order valence-corrected chi connectivity index (χ3v) is 5.02. The van der Waals surface area contributed by atoms with Crippen molar-refractivity contribution in [3.05, 3.63) is 22.3 Å². The molecule has 1 unspecified atom stereocenters. The predicted octanol–water partition coefficient (Wildman–Crippen LogP) is 3.86. The Balaban J connectivity index is 2.33. The summed E-state index contributed by atoms with van der Waals surface area (Å²) in [6.07, 6.45) is 6.91. The summed E-state index contributed by atoms with van der Waals surface area (Å²) in [6.45, 7) is 0. The molecule has 5 heteroatoms. The van der Waals surface area contributed by atoms with Crippen molar-refractivity contribution in [3.63, 3.8) is 0 Å². The van der Waals surface area contributed by atoms with Gasteiger partial charge in [-0.05, 0) is 25.3 Å². The van der Waals surface area contributed by atoms with E-state index in [1.165, 1.54) is 0 Å². The third kappa shape index (κ3) is 2.43. The van der Waals surface area contributed by atoms with Gasteiger partial charge in [-0.2, -0.15) is 0 Å². The molecule has 0 spiro atoms. The highest BCUT2D eigenvalue weighted by Crippen LogP contribution is 2.49. The van der Waals surface area contributed by atoms with Crippen LogP contribution in [-0.2, 0) is 4.79 Å². The average molecular weight is 428 g/mol. The maximum absolute atomic E-state index is 12.3. The minimum absolute atomic E-state index is 0.184. The standard InChI is InChI=1S/C12H14Br3NO/c13-5-3-12(4-6-14)9-2-1-8(15)7-10(9)16-11(12)17/h1,7,9H,2-6H2,(H,16,17). The van der Waals surface area contributed by atoms with Crippen LogP contribution in [-0.4, -0.2) is 16.6 Å². The van der Waals surface area contributed by atoms with Crippen LogP contribution in [0.2, 0.25) is 0 Å². The van der Waals surface area contributed by atoms with Crippen molar-refractivity contribution < 1.29 is 4.79 Å². The van der Waals surface area contributed by atoms with Gasteiger partial charge >= 0.3 is 0 Å². The van der Waals surface area contributed by atoms with E-state index in [1.54, 1.807) is 0 Å². The molecule has 2 rings (SSSR count). The van der Waals surface area contributed by atoms with E-state index in [4.69, 9.17) is 0 Å². The minimum atomic E-state index is -0.247. The van der Waals surface area contributed by atoms with Crippen LogP contribution >= 0.6 is 47.8 Å². The molecule has 94 valence electrons. The second-order valence-electron chi connectivity index (χ2n) is 4.47. The van der Waals surface area contributed by atoms with E-state index in [2.05, 4.69) is 59.2 Å². The number of carbonyl (C=O) groups is 1. The zero-order chi connectivity index (χ0) is 12.5. The lowest BCUT2D eigenvalue weighted by Gasteiger charge is -2.32. The third-order valence-electron chi connectivity index (χ3n) is 3.68. The van der Waals surface area contributed by atoms with Crippen molar-refractivity contribution in [2.24, 2.45) is 11.3 Å². The summed E-state index contributed by atoms with van der Waals surface area (Å²) in [5, 5.41) is 4.78. The number of rotatable bonds is 4. The van der Waals surface area contributed by atoms with Gasteiger partial charge in [-0.1, -0.05) is 53.9 Å². The molecule has 1 aliphatic heterocycles. The average Bonchev–Trinajstić information content (AvgIpc) is 2.53. The lowest BCUT2D eigenvalue weighted by atomic mass is 9.70. The van der Waals surface area contributed by atoms with E-state index in [0.717, 1.165) is 40.1 Å². The first-order valence-corrected chi connectivity index (χ1v) is 8.68. The molecule has 0 aromatic heterocycles. The molecule has 1 aliphatic carbocycles. The van der Waals surface area contributed by atoms with Crippen LogP contribution in [0.5, 0.6) is 0 Å². The Morgan fingerprint density at radius 2 is 2.00 bits per heavy atom. The molecule has 0 saturated carbocycles. The van der Waals surface area contributed by atoms with Crippen LogP contribution in [0, 0.1) is 11.3 Å². The molecule has 1 N–H and O–H groups in total. The first-order chi connectivity index (χ1) is 8.14. The van der Waals surface area contributed by atoms with Crippen LogP contribution < -0.4 is 5.32 Å². The van der Waals surface area contributed by atoms with E-state index in [0.29, 0.717) is 5.92 Å². The highest BCUT2D eigenvalue weighted by Gasteiger charge is 2.51. The van der Waals surface area contributed by atoms with Crippen LogP contribution in [0.15, 0.2) is 22.3 Å². The molecule has 0 radical (unpaired) electrons. The van der Waals surface area contributed by atoms with Crippen molar-refractivity contribution in [1.82, 2.24) is 5.32 Å². The van der Waals surface area contributed by atoms with Crippen LogP contribution in [0.1, 0.15) is 19.3 Å². The van der Waals surface area contributed by atoms with Gasteiger partial charge in [-0.25, -0.2) is 0 Å². The van der Waals surface area contributed by atoms with Gasteiger partial charge in [0, 0.05) is 26.8 Å². The van der Waals surface area contributed by atoms with E-state index < -0.39 is 0 Å². The lowest BCUT2D eigenvalue weighted by Crippen LogP contribution is -2.36. The van der Waals surface area contributed by atoms with Crippen LogP contribution in [0.3, 0.4) is 0 Å². The summed E-state index contributed by atoms with van der Waals surface area (Å²) in [5.41, 5.74) is 0.828. The van der Waals surface area contributed by atoms with Crippen molar-refractivity contribution in [3.8, 4) is 0 Å². The smallest absolute Gasteiger partial charge is 0.231 e. The maximum atomic E-state index is 12.3. The van der Waals surface area contributed by atoms with Crippen molar-refractivity contribution in [1.29, 1.82) is 0 Å². The highest BCUT2D eigenvalue weighted by atomic mass is 79.9. The molecule has 1 heterocycles. The fourth-order valence-electron chi connectivity index (χ4n) is 2.76. The summed E-state index contributed by atoms with van der Waals surface area (Å²) in [5.74, 6) is 0.495. The normalized spacial score (nSPS) is 26.1. The Labute approximate surface area is 127 Å². The van der Waals surface area contributed by atoms with E-state index >= 15 is 0 Å². The van der Waals surface area contributed by atoms with E-state index in [9.17, 15) is 4.79 Å². The molecule has 2 nitrogen and oxygen atoms in total. The zero-order valence-electron chi connectivity index (χ0n) is 9.31. The Morgan fingerprint density at radius 1 is 1.35 bits per heavy atom. The van der Waals surface area contributed by atoms with Crippen molar-refractivity contribution in [2.75, 3.05) is 10.7 Å². The largest absolute Gasteiger partial charge is 0.329 e. The number of halogens is 3. The first kappa shape index (κ1) is 13.8. The fourth-order valence-corrected chi connectivity index (χ4v) is 4.61. The van der Waals surface area contributed by atoms with Crippen molar-refractivity contribution >= 4 is 53.7 Å². The number of alkyl halides is 2. The van der Waals surface area contributed by atoms with Gasteiger partial charge in [0.1, 0.15) is 0 Å². The second kappa shape index (κ2) is 5.57. The summed E-state index contributed by atoms with van der Waals surface area (Å²) in [6, 6.07) is 0. The molecule has 0 aromatic rings. The summed E-state index contributed by atoms with van der Waals surface area (Å²) >= 11 is 10.4. The Bertz CT molecular complexity index is 383. The summed E-state index contributed by atoms with van der Waals surface area (Å²) in [4.78, 5) is 12.3. The Morgan fingerprint density at radius 3 is 2.59 bits per heavy atom. The first-order valence-electron chi connectivity index (χ1n) is 5.64. The maximum Gasteiger partial charge on any atom is 0.231 e. The van der Waals surface area contributed by atoms with E-state index in [1.807, 2.05) is 6.08 Å². The molecule has 2 aliphatic rings. The van der Waals surface area contributed by atoms with Crippen LogP contribution in [0.25, 0.3) is 0 Å². The van der Waals surface area contributed by atoms with Crippen LogP contribution in [0.4, 0.5) is 0 Å². The number of nitrogens with one attached hydrogen (secondary N) is 1. The Kier molecular flexibility index (Phi) is 4.53. The molecular weight excluding hydrogens is 414 g/mol. The van der Waals surface area contributed by atoms with Crippen molar-refractivity contribution in [2.45, 2.75) is 19.3 Å². The SMILES string of the molecule is O=C1NC2=CC(Br)=CCC2C1(CCBr)CCBr. The Hall–Kier alpha value is 0.390. The van der Waals surface area contributed by atoms with Gasteiger partial charge in [-0.3, -0.25) is 4.79 Å². The predicted molar refractivity (Wildman–Crippen MR) is 80.6 cm³/mol. The van der Waals surface area contributed by atoms with Gasteiger partial charge in [0.25, 0.3) is 0 Å². The lowest BCUT2D eigenvalue weighted by molar-refractivity contribution is -0.129. The molecule has 0 aromatic carbocycles. The van der Waals surface area contributed by atoms with Gasteiger partial charge in [0.05, 0.1) is 5.41 Å². The molecule has 1 amide bonds. The number of carbonyl (C=O) groups excluding carboxylic acids is 1. The molecule has 1 saturated heterocycles. The quantitative estimate of drug-likeness (QED) is 0.678. The van der Waals surface area contributed by atoms with E-state index in [-0.39, 0.29) is 11.3 Å². The highest BCUT2D eigenvalue weighted by molar-refractivity contribution is 9.12. The molecular formula is C12H14Br3NO. The molecule has 0 bridgehead atoms. The van der Waals surface area contributed by atoms with Gasteiger partial charge in [0.15, 0.2) is 0 Å². The summed E-state index contributed by atoms with van der Waals surface area (Å²) < 4.78 is 1.07. The van der Waals surface area contributed by atoms with Gasteiger partial charge < -0.3 is 5.32 Å². The molecule has 17 heavy (non-hydrogen) atoms. The fraction of sp³-hybridized carbons (Fsp3) is 0.583. The number of allylic oxidation sites excluding steroid dienone is 4. The summed E-state index contributed by atoms with van der Waals surface area (Å²) in [7, 11) is 0. The number of hydrogen-bond donors (Lipinski definition) is 1. The van der Waals surface area contributed by atoms with Gasteiger partial charge in [0.2, 0.25) is 5.91 Å². The second-order valence-corrected chi connectivity index (χ2v) is 6.97. The topological polar surface area (TPSA) is 29.1 Å². The minimum Gasteiger partial charge on any atom is -0.329 e. The molecule has 1 fully saturated rings. The number of fused-ring (bicyclic) bond motifs is 1. The molecule has 1 atom stereocenters. The number of hydrogen-bond acceptors (Lipinski definition) is 1. The van der Waals surface area contributed by atoms with Gasteiger partial charge in [-0.15, -0.1) is 0 Å².